The summed E-state index contributed by atoms with van der Waals surface area (Å²) in [5.74, 6) is 1.82. The highest BCUT2D eigenvalue weighted by Gasteiger charge is 2.38. The van der Waals surface area contributed by atoms with E-state index >= 15 is 0 Å². The zero-order valence-corrected chi connectivity index (χ0v) is 14.8. The molecule has 0 aromatic carbocycles. The average molecular weight is 365 g/mol. The van der Waals surface area contributed by atoms with Gasteiger partial charge in [0.2, 0.25) is 5.91 Å². The smallest absolute Gasteiger partial charge is 0.241 e. The van der Waals surface area contributed by atoms with Gasteiger partial charge in [0, 0.05) is 24.2 Å². The van der Waals surface area contributed by atoms with E-state index in [-0.39, 0.29) is 25.1 Å². The summed E-state index contributed by atoms with van der Waals surface area (Å²) in [6, 6.07) is 0.583. The SMILES string of the molecule is Cc1nn(CC(=O)NC2CC(c3nnc(CO)n3C3CC3)C2)cc1Cl. The molecule has 0 radical (unpaired) electrons. The monoisotopic (exact) mass is 364 g/mol. The molecule has 2 fully saturated rings. The summed E-state index contributed by atoms with van der Waals surface area (Å²) < 4.78 is 3.65. The Hall–Kier alpha value is -1.93. The first-order chi connectivity index (χ1) is 12.0. The molecule has 0 spiro atoms. The van der Waals surface area contributed by atoms with E-state index in [1.807, 2.05) is 6.92 Å². The largest absolute Gasteiger partial charge is 0.388 e. The molecular formula is C16H21ClN6O2. The van der Waals surface area contributed by atoms with Crippen molar-refractivity contribution in [1.29, 1.82) is 0 Å². The van der Waals surface area contributed by atoms with Crippen molar-refractivity contribution in [3.63, 3.8) is 0 Å². The molecule has 134 valence electrons. The minimum absolute atomic E-state index is 0.0673. The van der Waals surface area contributed by atoms with E-state index in [0.29, 0.717) is 22.8 Å². The minimum Gasteiger partial charge on any atom is -0.388 e. The molecule has 2 aliphatic rings. The molecule has 4 rings (SSSR count). The van der Waals surface area contributed by atoms with Crippen LogP contribution in [0.5, 0.6) is 0 Å². The van der Waals surface area contributed by atoms with Gasteiger partial charge in [0.05, 0.1) is 10.7 Å². The summed E-state index contributed by atoms with van der Waals surface area (Å²) in [6.45, 7) is 1.90. The number of carbonyl (C=O) groups is 1. The third-order valence-electron chi connectivity index (χ3n) is 4.91. The standard InChI is InChI=1S/C16H21ClN6O2/c1-9-13(17)6-22(21-9)7-15(25)18-11-4-10(5-11)16-20-19-14(8-24)23(16)12-2-3-12/h6,10-12,24H,2-5,7-8H2,1H3,(H,18,25). The van der Waals surface area contributed by atoms with Crippen LogP contribution in [0.2, 0.25) is 5.02 Å². The van der Waals surface area contributed by atoms with Gasteiger partial charge in [0.1, 0.15) is 19.0 Å². The Bertz CT molecular complexity index is 771. The number of nitrogens with one attached hydrogen (secondary N) is 1. The molecule has 0 unspecified atom stereocenters. The zero-order valence-electron chi connectivity index (χ0n) is 14.0. The molecule has 1 amide bonds. The highest BCUT2D eigenvalue weighted by Crippen LogP contribution is 2.42. The second-order valence-corrected chi connectivity index (χ2v) is 7.33. The molecule has 9 heteroatoms. The van der Waals surface area contributed by atoms with Gasteiger partial charge in [-0.15, -0.1) is 10.2 Å². The molecule has 0 aliphatic heterocycles. The van der Waals surface area contributed by atoms with Crippen molar-refractivity contribution in [2.75, 3.05) is 0 Å². The Kier molecular flexibility index (Phi) is 4.24. The van der Waals surface area contributed by atoms with Gasteiger partial charge in [-0.1, -0.05) is 11.6 Å². The van der Waals surface area contributed by atoms with E-state index in [2.05, 4.69) is 25.2 Å². The van der Waals surface area contributed by atoms with Gasteiger partial charge in [-0.25, -0.2) is 0 Å². The number of nitrogens with zero attached hydrogens (tertiary/aromatic N) is 5. The molecule has 0 atom stereocenters. The average Bonchev–Trinajstić information content (AvgIpc) is 3.21. The van der Waals surface area contributed by atoms with Gasteiger partial charge < -0.3 is 15.0 Å². The summed E-state index contributed by atoms with van der Waals surface area (Å²) in [5, 5.41) is 25.6. The van der Waals surface area contributed by atoms with Crippen LogP contribution in [0.25, 0.3) is 0 Å². The van der Waals surface area contributed by atoms with E-state index in [4.69, 9.17) is 11.6 Å². The van der Waals surface area contributed by atoms with Gasteiger partial charge in [0.15, 0.2) is 5.82 Å². The summed E-state index contributed by atoms with van der Waals surface area (Å²) in [6.07, 6.45) is 5.60. The first-order valence-electron chi connectivity index (χ1n) is 8.58. The van der Waals surface area contributed by atoms with Gasteiger partial charge in [-0.3, -0.25) is 9.48 Å². The van der Waals surface area contributed by atoms with Crippen LogP contribution < -0.4 is 5.32 Å². The molecular weight excluding hydrogens is 344 g/mol. The Labute approximate surface area is 150 Å². The van der Waals surface area contributed by atoms with Crippen LogP contribution in [0.4, 0.5) is 0 Å². The number of hydrogen-bond donors (Lipinski definition) is 2. The lowest BCUT2D eigenvalue weighted by atomic mass is 9.79. The molecule has 2 heterocycles. The number of amides is 1. The summed E-state index contributed by atoms with van der Waals surface area (Å²) >= 11 is 5.96. The third kappa shape index (κ3) is 3.28. The number of aliphatic hydroxyl groups is 1. The summed E-state index contributed by atoms with van der Waals surface area (Å²) in [5.41, 5.74) is 0.720. The minimum atomic E-state index is -0.0811. The Morgan fingerprint density at radius 2 is 2.16 bits per heavy atom. The first kappa shape index (κ1) is 16.5. The second-order valence-electron chi connectivity index (χ2n) is 6.93. The van der Waals surface area contributed by atoms with E-state index < -0.39 is 0 Å². The highest BCUT2D eigenvalue weighted by atomic mass is 35.5. The maximum atomic E-state index is 12.1. The van der Waals surface area contributed by atoms with Crippen molar-refractivity contribution in [3.8, 4) is 0 Å². The topological polar surface area (TPSA) is 97.9 Å². The summed E-state index contributed by atoms with van der Waals surface area (Å²) in [7, 11) is 0. The number of aryl methyl sites for hydroxylation is 1. The fourth-order valence-electron chi connectivity index (χ4n) is 3.40. The predicted octanol–water partition coefficient (Wildman–Crippen LogP) is 1.33. The number of hydrogen-bond acceptors (Lipinski definition) is 5. The first-order valence-corrected chi connectivity index (χ1v) is 8.96. The number of aliphatic hydroxyl groups excluding tert-OH is 1. The van der Waals surface area contributed by atoms with Crippen molar-refractivity contribution in [2.45, 2.75) is 63.8 Å². The normalized spacial score (nSPS) is 22.7. The van der Waals surface area contributed by atoms with Crippen LogP contribution in [0.1, 0.15) is 55.0 Å². The number of aromatic nitrogens is 5. The number of rotatable bonds is 6. The number of carbonyl (C=O) groups excluding carboxylic acids is 1. The van der Waals surface area contributed by atoms with E-state index in [1.165, 1.54) is 0 Å². The van der Waals surface area contributed by atoms with Gasteiger partial charge in [-0.2, -0.15) is 5.10 Å². The van der Waals surface area contributed by atoms with Crippen LogP contribution in [0.15, 0.2) is 6.20 Å². The van der Waals surface area contributed by atoms with Crippen molar-refractivity contribution in [3.05, 3.63) is 28.6 Å². The van der Waals surface area contributed by atoms with Crippen LogP contribution in [-0.2, 0) is 17.9 Å². The molecule has 25 heavy (non-hydrogen) atoms. The maximum Gasteiger partial charge on any atom is 0.241 e. The number of halogens is 1. The van der Waals surface area contributed by atoms with Crippen LogP contribution in [0, 0.1) is 6.92 Å². The van der Waals surface area contributed by atoms with E-state index in [0.717, 1.165) is 37.2 Å². The van der Waals surface area contributed by atoms with Crippen LogP contribution in [0.3, 0.4) is 0 Å². The van der Waals surface area contributed by atoms with E-state index in [9.17, 15) is 9.90 Å². The van der Waals surface area contributed by atoms with Crippen molar-refractivity contribution in [1.82, 2.24) is 29.9 Å². The Morgan fingerprint density at radius 3 is 2.76 bits per heavy atom. The molecule has 0 bridgehead atoms. The van der Waals surface area contributed by atoms with Crippen molar-refractivity contribution in [2.24, 2.45) is 0 Å². The molecule has 0 saturated heterocycles. The lowest BCUT2D eigenvalue weighted by molar-refractivity contribution is -0.123. The second kappa shape index (κ2) is 6.42. The summed E-state index contributed by atoms with van der Waals surface area (Å²) in [4.78, 5) is 12.1. The Morgan fingerprint density at radius 1 is 1.40 bits per heavy atom. The highest BCUT2D eigenvalue weighted by molar-refractivity contribution is 6.31. The maximum absolute atomic E-state index is 12.1. The quantitative estimate of drug-likeness (QED) is 0.805. The predicted molar refractivity (Wildman–Crippen MR) is 90.1 cm³/mol. The van der Waals surface area contributed by atoms with Crippen LogP contribution in [-0.4, -0.2) is 41.6 Å². The van der Waals surface area contributed by atoms with Gasteiger partial charge >= 0.3 is 0 Å². The molecule has 2 aliphatic carbocycles. The fourth-order valence-corrected chi connectivity index (χ4v) is 3.55. The fraction of sp³-hybridized carbons (Fsp3) is 0.625. The van der Waals surface area contributed by atoms with Crippen LogP contribution >= 0.6 is 11.6 Å². The zero-order chi connectivity index (χ0) is 17.6. The molecule has 2 aromatic heterocycles. The molecule has 2 saturated carbocycles. The molecule has 8 nitrogen and oxygen atoms in total. The van der Waals surface area contributed by atoms with E-state index in [1.54, 1.807) is 10.9 Å². The molecule has 2 N–H and O–H groups in total. The Balaban J connectivity index is 1.32. The lowest BCUT2D eigenvalue weighted by Gasteiger charge is -2.35. The van der Waals surface area contributed by atoms with Crippen molar-refractivity contribution >= 4 is 17.5 Å². The van der Waals surface area contributed by atoms with Gasteiger partial charge in [-0.05, 0) is 32.6 Å². The lowest BCUT2D eigenvalue weighted by Crippen LogP contribution is -2.45. The molecule has 2 aromatic rings. The third-order valence-corrected chi connectivity index (χ3v) is 5.28. The van der Waals surface area contributed by atoms with Gasteiger partial charge in [0.25, 0.3) is 0 Å². The van der Waals surface area contributed by atoms with Crippen molar-refractivity contribution < 1.29 is 9.90 Å².